The normalized spacial score (nSPS) is 9.27. The number of carbonyl (C=O) groups excluding carboxylic acids is 1. The second kappa shape index (κ2) is 3.14. The lowest BCUT2D eigenvalue weighted by Gasteiger charge is -2.05. The van der Waals surface area contributed by atoms with Crippen LogP contribution in [-0.4, -0.2) is 18.3 Å². The van der Waals surface area contributed by atoms with Crippen molar-refractivity contribution in [1.82, 2.24) is 4.98 Å². The Balaban J connectivity index is 3.23. The molecule has 0 spiro atoms. The minimum atomic E-state index is 0.653. The summed E-state index contributed by atoms with van der Waals surface area (Å²) in [6.45, 7) is 1.86. The van der Waals surface area contributed by atoms with E-state index in [9.17, 15) is 4.79 Å². The van der Waals surface area contributed by atoms with Crippen LogP contribution < -0.4 is 5.32 Å². The van der Waals surface area contributed by atoms with Crippen LogP contribution in [0.4, 0.5) is 5.69 Å². The zero-order valence-corrected chi connectivity index (χ0v) is 6.59. The van der Waals surface area contributed by atoms with E-state index < -0.39 is 0 Å². The Labute approximate surface area is 65.5 Å². The number of hydrogen-bond donors (Lipinski definition) is 1. The van der Waals surface area contributed by atoms with Gasteiger partial charge in [0, 0.05) is 18.8 Å². The molecule has 0 aliphatic rings. The van der Waals surface area contributed by atoms with Crippen LogP contribution in [0, 0.1) is 6.92 Å². The summed E-state index contributed by atoms with van der Waals surface area (Å²) in [7, 11) is 1.77. The molecule has 0 bridgehead atoms. The van der Waals surface area contributed by atoms with Crippen molar-refractivity contribution in [2.75, 3.05) is 12.4 Å². The van der Waals surface area contributed by atoms with Crippen LogP contribution in [0.5, 0.6) is 0 Å². The van der Waals surface area contributed by atoms with Gasteiger partial charge in [-0.3, -0.25) is 9.78 Å². The predicted octanol–water partition coefficient (Wildman–Crippen LogP) is 1.24. The summed E-state index contributed by atoms with van der Waals surface area (Å²) in [4.78, 5) is 14.5. The fourth-order valence-corrected chi connectivity index (χ4v) is 1.01. The topological polar surface area (TPSA) is 42.0 Å². The largest absolute Gasteiger partial charge is 0.386 e. The SMILES string of the molecule is CNc1c(C=O)ccnc1C. The molecular weight excluding hydrogens is 140 g/mol. The molecule has 0 aliphatic carbocycles. The Kier molecular flexibility index (Phi) is 2.21. The van der Waals surface area contributed by atoms with Gasteiger partial charge in [0.1, 0.15) is 0 Å². The van der Waals surface area contributed by atoms with Gasteiger partial charge in [0.25, 0.3) is 0 Å². The molecule has 0 fully saturated rings. The van der Waals surface area contributed by atoms with E-state index in [0.717, 1.165) is 17.7 Å². The molecule has 0 unspecified atom stereocenters. The highest BCUT2D eigenvalue weighted by Crippen LogP contribution is 2.14. The third-order valence-corrected chi connectivity index (χ3v) is 1.55. The monoisotopic (exact) mass is 150 g/mol. The number of anilines is 1. The molecule has 1 N–H and O–H groups in total. The number of nitrogens with zero attached hydrogens (tertiary/aromatic N) is 1. The number of aromatic nitrogens is 1. The number of pyridine rings is 1. The van der Waals surface area contributed by atoms with Gasteiger partial charge in [-0.25, -0.2) is 0 Å². The fourth-order valence-electron chi connectivity index (χ4n) is 1.01. The predicted molar refractivity (Wildman–Crippen MR) is 43.9 cm³/mol. The van der Waals surface area contributed by atoms with E-state index in [1.165, 1.54) is 0 Å². The minimum absolute atomic E-state index is 0.653. The third-order valence-electron chi connectivity index (χ3n) is 1.55. The molecule has 0 aliphatic heterocycles. The van der Waals surface area contributed by atoms with Crippen molar-refractivity contribution in [3.8, 4) is 0 Å². The molecule has 1 rings (SSSR count). The van der Waals surface area contributed by atoms with Crippen molar-refractivity contribution < 1.29 is 4.79 Å². The van der Waals surface area contributed by atoms with Crippen molar-refractivity contribution in [3.63, 3.8) is 0 Å². The fraction of sp³-hybridized carbons (Fsp3) is 0.250. The first-order valence-corrected chi connectivity index (χ1v) is 3.38. The Morgan fingerprint density at radius 1 is 1.64 bits per heavy atom. The molecule has 0 saturated carbocycles. The summed E-state index contributed by atoms with van der Waals surface area (Å²) in [6, 6.07) is 1.69. The Bertz CT molecular complexity index is 271. The molecule has 1 aromatic heterocycles. The van der Waals surface area contributed by atoms with Gasteiger partial charge in [0.15, 0.2) is 6.29 Å². The van der Waals surface area contributed by atoms with Gasteiger partial charge in [-0.1, -0.05) is 0 Å². The highest BCUT2D eigenvalue weighted by molar-refractivity contribution is 5.84. The molecule has 58 valence electrons. The molecule has 0 radical (unpaired) electrons. The summed E-state index contributed by atoms with van der Waals surface area (Å²) in [5.41, 5.74) is 2.31. The molecule has 0 aromatic carbocycles. The Morgan fingerprint density at radius 3 is 2.82 bits per heavy atom. The zero-order valence-electron chi connectivity index (χ0n) is 6.59. The zero-order chi connectivity index (χ0) is 8.27. The van der Waals surface area contributed by atoms with E-state index in [0.29, 0.717) is 5.56 Å². The Morgan fingerprint density at radius 2 is 2.36 bits per heavy atom. The van der Waals surface area contributed by atoms with Gasteiger partial charge < -0.3 is 5.32 Å². The van der Waals surface area contributed by atoms with Gasteiger partial charge in [-0.05, 0) is 13.0 Å². The molecule has 0 atom stereocenters. The van der Waals surface area contributed by atoms with Crippen LogP contribution >= 0.6 is 0 Å². The van der Waals surface area contributed by atoms with Crippen LogP contribution in [0.1, 0.15) is 16.1 Å². The second-order valence-corrected chi connectivity index (χ2v) is 2.23. The number of carbonyl (C=O) groups is 1. The van der Waals surface area contributed by atoms with Crippen LogP contribution in [-0.2, 0) is 0 Å². The maximum absolute atomic E-state index is 10.5. The molecule has 11 heavy (non-hydrogen) atoms. The van der Waals surface area contributed by atoms with Crippen LogP contribution in [0.15, 0.2) is 12.3 Å². The molecule has 1 aromatic rings. The quantitative estimate of drug-likeness (QED) is 0.645. The van der Waals surface area contributed by atoms with Crippen molar-refractivity contribution in [3.05, 3.63) is 23.5 Å². The number of hydrogen-bond acceptors (Lipinski definition) is 3. The van der Waals surface area contributed by atoms with E-state index in [4.69, 9.17) is 0 Å². The molecule has 1 heterocycles. The van der Waals surface area contributed by atoms with E-state index in [1.54, 1.807) is 19.3 Å². The van der Waals surface area contributed by atoms with Crippen molar-refractivity contribution in [2.45, 2.75) is 6.92 Å². The Hall–Kier alpha value is -1.38. The lowest BCUT2D eigenvalue weighted by Crippen LogP contribution is -1.98. The first kappa shape index (κ1) is 7.72. The number of aldehydes is 1. The van der Waals surface area contributed by atoms with Gasteiger partial charge in [0.05, 0.1) is 11.4 Å². The van der Waals surface area contributed by atoms with E-state index >= 15 is 0 Å². The summed E-state index contributed by atoms with van der Waals surface area (Å²) in [6.07, 6.45) is 2.44. The first-order valence-electron chi connectivity index (χ1n) is 3.38. The summed E-state index contributed by atoms with van der Waals surface area (Å²) in [5.74, 6) is 0. The van der Waals surface area contributed by atoms with Crippen molar-refractivity contribution in [1.29, 1.82) is 0 Å². The lowest BCUT2D eigenvalue weighted by atomic mass is 10.2. The highest BCUT2D eigenvalue weighted by atomic mass is 16.1. The van der Waals surface area contributed by atoms with Gasteiger partial charge >= 0.3 is 0 Å². The first-order chi connectivity index (χ1) is 5.29. The highest BCUT2D eigenvalue weighted by Gasteiger charge is 2.01. The molecule has 0 saturated heterocycles. The second-order valence-electron chi connectivity index (χ2n) is 2.23. The number of nitrogens with one attached hydrogen (secondary N) is 1. The van der Waals surface area contributed by atoms with E-state index in [2.05, 4.69) is 10.3 Å². The van der Waals surface area contributed by atoms with E-state index in [-0.39, 0.29) is 0 Å². The smallest absolute Gasteiger partial charge is 0.152 e. The third kappa shape index (κ3) is 1.37. The van der Waals surface area contributed by atoms with Crippen LogP contribution in [0.25, 0.3) is 0 Å². The van der Waals surface area contributed by atoms with Crippen LogP contribution in [0.2, 0.25) is 0 Å². The minimum Gasteiger partial charge on any atom is -0.386 e. The van der Waals surface area contributed by atoms with Crippen molar-refractivity contribution >= 4 is 12.0 Å². The number of aryl methyl sites for hydroxylation is 1. The lowest BCUT2D eigenvalue weighted by molar-refractivity contribution is 0.112. The van der Waals surface area contributed by atoms with Gasteiger partial charge in [-0.15, -0.1) is 0 Å². The average molecular weight is 150 g/mol. The molecule has 0 amide bonds. The summed E-state index contributed by atoms with van der Waals surface area (Å²) in [5, 5.41) is 2.92. The average Bonchev–Trinajstić information content (AvgIpc) is 2.04. The summed E-state index contributed by atoms with van der Waals surface area (Å²) >= 11 is 0. The number of rotatable bonds is 2. The maximum Gasteiger partial charge on any atom is 0.152 e. The van der Waals surface area contributed by atoms with Crippen LogP contribution in [0.3, 0.4) is 0 Å². The molecular formula is C8H10N2O. The maximum atomic E-state index is 10.5. The van der Waals surface area contributed by atoms with Gasteiger partial charge in [-0.2, -0.15) is 0 Å². The van der Waals surface area contributed by atoms with E-state index in [1.807, 2.05) is 6.92 Å². The molecule has 3 heteroatoms. The standard InChI is InChI=1S/C8H10N2O/c1-6-8(9-2)7(5-11)3-4-10-6/h3-5,9H,1-2H3. The van der Waals surface area contributed by atoms with Gasteiger partial charge in [0.2, 0.25) is 0 Å². The molecule has 3 nitrogen and oxygen atoms in total. The summed E-state index contributed by atoms with van der Waals surface area (Å²) < 4.78 is 0. The van der Waals surface area contributed by atoms with Crippen molar-refractivity contribution in [2.24, 2.45) is 0 Å².